The van der Waals surface area contributed by atoms with Gasteiger partial charge in [-0.25, -0.2) is 4.98 Å². The molecule has 0 saturated heterocycles. The van der Waals surface area contributed by atoms with Gasteiger partial charge in [-0.1, -0.05) is 0 Å². The van der Waals surface area contributed by atoms with Gasteiger partial charge in [-0.3, -0.25) is 9.78 Å². The molecule has 2 aromatic heterocycles. The number of nitrogens with zero attached hydrogens (tertiary/aromatic N) is 2. The van der Waals surface area contributed by atoms with Crippen molar-refractivity contribution in [2.45, 2.75) is 19.3 Å². The predicted octanol–water partition coefficient (Wildman–Crippen LogP) is 3.57. The van der Waals surface area contributed by atoms with Crippen molar-refractivity contribution in [3.63, 3.8) is 0 Å². The maximum atomic E-state index is 13.2. The third-order valence-electron chi connectivity index (χ3n) is 4.63. The van der Waals surface area contributed by atoms with Gasteiger partial charge < -0.3 is 20.5 Å². The average Bonchev–Trinajstić information content (AvgIpc) is 2.81. The Kier molecular flexibility index (Phi) is 6.94. The molecule has 1 aromatic carbocycles. The Morgan fingerprint density at radius 1 is 1.09 bits per heavy atom. The van der Waals surface area contributed by atoms with Crippen molar-refractivity contribution in [3.8, 4) is 22.8 Å². The Labute approximate surface area is 182 Å². The first-order chi connectivity index (χ1) is 15.2. The van der Waals surface area contributed by atoms with Crippen LogP contribution in [0.1, 0.15) is 27.2 Å². The van der Waals surface area contributed by atoms with Crippen molar-refractivity contribution >= 4 is 5.91 Å². The van der Waals surface area contributed by atoms with E-state index in [-0.39, 0.29) is 30.1 Å². The van der Waals surface area contributed by atoms with Gasteiger partial charge in [0.15, 0.2) is 0 Å². The summed E-state index contributed by atoms with van der Waals surface area (Å²) >= 11 is 0. The Balaban J connectivity index is 1.94. The number of nitrogens with one attached hydrogen (secondary N) is 1. The molecule has 0 bridgehead atoms. The fraction of sp³-hybridized carbons (Fsp3) is 0.227. The van der Waals surface area contributed by atoms with Gasteiger partial charge in [0, 0.05) is 36.1 Å². The van der Waals surface area contributed by atoms with Gasteiger partial charge in [-0.05, 0) is 41.5 Å². The summed E-state index contributed by atoms with van der Waals surface area (Å²) < 4.78 is 49.9. The summed E-state index contributed by atoms with van der Waals surface area (Å²) in [5.74, 6) is 0.157. The number of nitrogens with two attached hydrogens (primary N) is 1. The molecule has 7 nitrogen and oxygen atoms in total. The van der Waals surface area contributed by atoms with E-state index in [1.165, 1.54) is 20.3 Å². The summed E-state index contributed by atoms with van der Waals surface area (Å²) in [5.41, 5.74) is 6.62. The lowest BCUT2D eigenvalue weighted by Gasteiger charge is -2.14. The quantitative estimate of drug-likeness (QED) is 0.576. The van der Waals surface area contributed by atoms with E-state index in [1.807, 2.05) is 0 Å². The second-order valence-corrected chi connectivity index (χ2v) is 6.77. The number of hydrogen-bond donors (Lipinski definition) is 2. The van der Waals surface area contributed by atoms with E-state index in [0.29, 0.717) is 28.8 Å². The second-order valence-electron chi connectivity index (χ2n) is 6.77. The molecule has 0 saturated carbocycles. The summed E-state index contributed by atoms with van der Waals surface area (Å²) in [4.78, 5) is 20.7. The monoisotopic (exact) mass is 446 g/mol. The minimum atomic E-state index is -4.58. The minimum Gasteiger partial charge on any atom is -0.497 e. The SMILES string of the molecule is COc1ccnc(CNC(=O)c2cc(CN)cc(-c3cc(C(F)(F)F)cnc3OC)c2)c1. The summed E-state index contributed by atoms with van der Waals surface area (Å²) in [6, 6.07) is 8.93. The fourth-order valence-electron chi connectivity index (χ4n) is 3.03. The molecule has 2 heterocycles. The highest BCUT2D eigenvalue weighted by atomic mass is 19.4. The topological polar surface area (TPSA) is 99.4 Å². The molecule has 10 heteroatoms. The van der Waals surface area contributed by atoms with Gasteiger partial charge in [0.25, 0.3) is 5.91 Å². The van der Waals surface area contributed by atoms with Crippen molar-refractivity contribution in [2.75, 3.05) is 14.2 Å². The van der Waals surface area contributed by atoms with E-state index >= 15 is 0 Å². The van der Waals surface area contributed by atoms with Gasteiger partial charge in [0.1, 0.15) is 5.75 Å². The largest absolute Gasteiger partial charge is 0.497 e. The summed E-state index contributed by atoms with van der Waals surface area (Å²) in [5, 5.41) is 2.74. The number of hydrogen-bond acceptors (Lipinski definition) is 6. The number of rotatable bonds is 7. The second kappa shape index (κ2) is 9.65. The number of alkyl halides is 3. The van der Waals surface area contributed by atoms with E-state index in [9.17, 15) is 18.0 Å². The third-order valence-corrected chi connectivity index (χ3v) is 4.63. The van der Waals surface area contributed by atoms with Crippen molar-refractivity contribution < 1.29 is 27.4 Å². The zero-order valence-corrected chi connectivity index (χ0v) is 17.4. The first-order valence-electron chi connectivity index (χ1n) is 9.48. The maximum absolute atomic E-state index is 13.2. The summed E-state index contributed by atoms with van der Waals surface area (Å²) in [6.07, 6.45) is -2.33. The molecule has 0 aliphatic carbocycles. The van der Waals surface area contributed by atoms with E-state index in [0.717, 1.165) is 6.07 Å². The Bertz CT molecular complexity index is 1120. The zero-order valence-electron chi connectivity index (χ0n) is 17.4. The maximum Gasteiger partial charge on any atom is 0.417 e. The first kappa shape index (κ1) is 23.0. The molecule has 3 aromatic rings. The van der Waals surface area contributed by atoms with Crippen LogP contribution >= 0.6 is 0 Å². The lowest BCUT2D eigenvalue weighted by Crippen LogP contribution is -2.23. The van der Waals surface area contributed by atoms with Gasteiger partial charge >= 0.3 is 6.18 Å². The molecule has 3 N–H and O–H groups in total. The molecule has 0 radical (unpaired) electrons. The summed E-state index contributed by atoms with van der Waals surface area (Å²) in [6.45, 7) is 0.215. The number of carbonyl (C=O) groups is 1. The van der Waals surface area contributed by atoms with Gasteiger partial charge in [-0.15, -0.1) is 0 Å². The van der Waals surface area contributed by atoms with Crippen LogP contribution < -0.4 is 20.5 Å². The number of aromatic nitrogens is 2. The Morgan fingerprint density at radius 3 is 2.53 bits per heavy atom. The van der Waals surface area contributed by atoms with E-state index in [4.69, 9.17) is 15.2 Å². The Morgan fingerprint density at radius 2 is 1.88 bits per heavy atom. The number of pyridine rings is 2. The number of halogens is 3. The van der Waals surface area contributed by atoms with E-state index in [1.54, 1.807) is 30.5 Å². The number of methoxy groups -OCH3 is 2. The van der Waals surface area contributed by atoms with Crippen molar-refractivity contribution in [2.24, 2.45) is 5.73 Å². The standard InChI is InChI=1S/C22H21F3N4O3/c1-31-18-3-4-27-17(9-18)12-28-20(30)15-6-13(10-26)5-14(7-15)19-8-16(22(23,24)25)11-29-21(19)32-2/h3-9,11H,10,12,26H2,1-2H3,(H,28,30). The van der Waals surface area contributed by atoms with Crippen LogP contribution in [0.15, 0.2) is 48.8 Å². The van der Waals surface area contributed by atoms with Crippen LogP contribution in [0.5, 0.6) is 11.6 Å². The highest BCUT2D eigenvalue weighted by Gasteiger charge is 2.32. The molecule has 0 atom stereocenters. The predicted molar refractivity (Wildman–Crippen MR) is 111 cm³/mol. The van der Waals surface area contributed by atoms with E-state index < -0.39 is 17.6 Å². The normalized spacial score (nSPS) is 11.2. The highest BCUT2D eigenvalue weighted by Crippen LogP contribution is 2.36. The van der Waals surface area contributed by atoms with E-state index in [2.05, 4.69) is 15.3 Å². The average molecular weight is 446 g/mol. The molecular formula is C22H21F3N4O3. The molecule has 1 amide bonds. The van der Waals surface area contributed by atoms with Crippen LogP contribution in [0.2, 0.25) is 0 Å². The van der Waals surface area contributed by atoms with Crippen molar-refractivity contribution in [1.82, 2.24) is 15.3 Å². The van der Waals surface area contributed by atoms with Crippen LogP contribution in [0.4, 0.5) is 13.2 Å². The van der Waals surface area contributed by atoms with Gasteiger partial charge in [0.05, 0.1) is 32.0 Å². The smallest absolute Gasteiger partial charge is 0.417 e. The number of benzene rings is 1. The van der Waals surface area contributed by atoms with Gasteiger partial charge in [0.2, 0.25) is 5.88 Å². The minimum absolute atomic E-state index is 0.000824. The molecule has 0 aliphatic heterocycles. The van der Waals surface area contributed by atoms with Crippen molar-refractivity contribution in [3.05, 3.63) is 71.2 Å². The zero-order chi connectivity index (χ0) is 23.3. The van der Waals surface area contributed by atoms with Crippen LogP contribution in [-0.2, 0) is 19.3 Å². The lowest BCUT2D eigenvalue weighted by atomic mass is 9.99. The van der Waals surface area contributed by atoms with Crippen LogP contribution in [0, 0.1) is 0 Å². The lowest BCUT2D eigenvalue weighted by molar-refractivity contribution is -0.137. The molecule has 0 fully saturated rings. The Hall–Kier alpha value is -3.66. The van der Waals surface area contributed by atoms with Gasteiger partial charge in [-0.2, -0.15) is 13.2 Å². The molecule has 168 valence electrons. The highest BCUT2D eigenvalue weighted by molar-refractivity contribution is 5.96. The summed E-state index contributed by atoms with van der Waals surface area (Å²) in [7, 11) is 2.83. The molecule has 0 unspecified atom stereocenters. The molecule has 3 rings (SSSR count). The van der Waals surface area contributed by atoms with Crippen molar-refractivity contribution in [1.29, 1.82) is 0 Å². The molecule has 32 heavy (non-hydrogen) atoms. The van der Waals surface area contributed by atoms with Crippen LogP contribution in [-0.4, -0.2) is 30.1 Å². The number of carbonyl (C=O) groups excluding carboxylic acids is 1. The third kappa shape index (κ3) is 5.33. The molecule has 0 aliphatic rings. The van der Waals surface area contributed by atoms with Crippen LogP contribution in [0.3, 0.4) is 0 Å². The fourth-order valence-corrected chi connectivity index (χ4v) is 3.03. The molecule has 0 spiro atoms. The number of amides is 1. The molecular weight excluding hydrogens is 425 g/mol. The number of ether oxygens (including phenoxy) is 2. The first-order valence-corrected chi connectivity index (χ1v) is 9.48. The van der Waals surface area contributed by atoms with Crippen LogP contribution in [0.25, 0.3) is 11.1 Å².